The zero-order valence-electron chi connectivity index (χ0n) is 12.1. The molecule has 1 aromatic rings. The van der Waals surface area contributed by atoms with Crippen LogP contribution in [0.3, 0.4) is 0 Å². The van der Waals surface area contributed by atoms with Crippen LogP contribution in [0.2, 0.25) is 0 Å². The molecule has 0 N–H and O–H groups in total. The molecule has 2 heterocycles. The molecule has 8 heteroatoms. The van der Waals surface area contributed by atoms with Gasteiger partial charge in [0.05, 0.1) is 12.4 Å². The van der Waals surface area contributed by atoms with Crippen molar-refractivity contribution in [2.45, 2.75) is 39.2 Å². The molecule has 1 aliphatic heterocycles. The molecule has 0 amide bonds. The Balaban J connectivity index is 1.89. The average Bonchev–Trinajstić information content (AvgIpc) is 2.85. The molecule has 0 radical (unpaired) electrons. The van der Waals surface area contributed by atoms with E-state index in [0.29, 0.717) is 11.8 Å². The fraction of sp³-hybridized carbons (Fsp3) is 0.833. The molecule has 0 aliphatic carbocycles. The molecule has 20 heavy (non-hydrogen) atoms. The summed E-state index contributed by atoms with van der Waals surface area (Å²) < 4.78 is 32.5. The van der Waals surface area contributed by atoms with Crippen molar-refractivity contribution < 1.29 is 17.1 Å². The summed E-state index contributed by atoms with van der Waals surface area (Å²) in [4.78, 5) is 6.34. The van der Waals surface area contributed by atoms with Crippen LogP contribution in [0.4, 0.5) is 6.01 Å². The molecule has 7 nitrogen and oxygen atoms in total. The van der Waals surface area contributed by atoms with Crippen LogP contribution in [0, 0.1) is 5.92 Å². The lowest BCUT2D eigenvalue weighted by atomic mass is 9.92. The lowest BCUT2D eigenvalue weighted by Crippen LogP contribution is -2.38. The van der Waals surface area contributed by atoms with E-state index in [1.54, 1.807) is 0 Å². The minimum absolute atomic E-state index is 0.231. The minimum Gasteiger partial charge on any atom is -0.324 e. The van der Waals surface area contributed by atoms with Gasteiger partial charge in [0.15, 0.2) is 5.82 Å². The smallest absolute Gasteiger partial charge is 0.324 e. The zero-order valence-corrected chi connectivity index (χ0v) is 12.9. The second kappa shape index (κ2) is 6.09. The maximum Gasteiger partial charge on any atom is 0.324 e. The molecule has 1 atom stereocenters. The molecule has 0 saturated carbocycles. The molecule has 1 aromatic heterocycles. The summed E-state index contributed by atoms with van der Waals surface area (Å²) in [5.74, 6) is 0.936. The number of aryl methyl sites for hydroxylation is 1. The fourth-order valence-corrected chi connectivity index (χ4v) is 3.14. The van der Waals surface area contributed by atoms with Crippen molar-refractivity contribution in [3.63, 3.8) is 0 Å². The third kappa shape index (κ3) is 3.92. The first kappa shape index (κ1) is 15.2. The van der Waals surface area contributed by atoms with E-state index < -0.39 is 10.1 Å². The zero-order chi connectivity index (χ0) is 14.8. The third-order valence-corrected chi connectivity index (χ3v) is 4.23. The topological polar surface area (TPSA) is 85.5 Å². The van der Waals surface area contributed by atoms with Gasteiger partial charge in [-0.1, -0.05) is 12.1 Å². The Morgan fingerprint density at radius 3 is 2.60 bits per heavy atom. The van der Waals surface area contributed by atoms with Crippen LogP contribution >= 0.6 is 0 Å². The van der Waals surface area contributed by atoms with Crippen LogP contribution in [-0.2, 0) is 20.7 Å². The second-order valence-electron chi connectivity index (χ2n) is 5.18. The van der Waals surface area contributed by atoms with Crippen molar-refractivity contribution in [3.8, 4) is 0 Å². The number of piperidine rings is 1. The Kier molecular flexibility index (Phi) is 4.64. The largest absolute Gasteiger partial charge is 0.324 e. The standard InChI is InChI=1S/C12H21N3O4S/c1-4-11-13-12(18-14-11)15-7-5-10(6-8-15)9(2)19-20(3,16)17/h9-10H,4-8H2,1-3H3. The highest BCUT2D eigenvalue weighted by Gasteiger charge is 2.28. The normalized spacial score (nSPS) is 19.2. The van der Waals surface area contributed by atoms with Gasteiger partial charge in [-0.2, -0.15) is 13.4 Å². The highest BCUT2D eigenvalue weighted by molar-refractivity contribution is 7.86. The molecule has 0 aromatic carbocycles. The molecule has 1 saturated heterocycles. The quantitative estimate of drug-likeness (QED) is 0.756. The first-order chi connectivity index (χ1) is 9.39. The van der Waals surface area contributed by atoms with Crippen LogP contribution in [0.1, 0.15) is 32.5 Å². The maximum atomic E-state index is 11.1. The molecular formula is C12H21N3O4S. The number of rotatable bonds is 5. The van der Waals surface area contributed by atoms with Gasteiger partial charge in [0.1, 0.15) is 0 Å². The van der Waals surface area contributed by atoms with E-state index in [0.717, 1.165) is 38.6 Å². The third-order valence-electron chi connectivity index (χ3n) is 3.57. The number of aromatic nitrogens is 2. The van der Waals surface area contributed by atoms with Crippen LogP contribution in [0.5, 0.6) is 0 Å². The van der Waals surface area contributed by atoms with Crippen LogP contribution in [0.25, 0.3) is 0 Å². The summed E-state index contributed by atoms with van der Waals surface area (Å²) in [5, 5.41) is 3.88. The van der Waals surface area contributed by atoms with E-state index in [4.69, 9.17) is 8.71 Å². The van der Waals surface area contributed by atoms with Crippen molar-refractivity contribution in [1.29, 1.82) is 0 Å². The predicted molar refractivity (Wildman–Crippen MR) is 74.0 cm³/mol. The van der Waals surface area contributed by atoms with Crippen molar-refractivity contribution in [2.75, 3.05) is 24.2 Å². The molecule has 1 fully saturated rings. The van der Waals surface area contributed by atoms with E-state index in [-0.39, 0.29) is 12.0 Å². The van der Waals surface area contributed by atoms with Crippen molar-refractivity contribution >= 4 is 16.1 Å². The first-order valence-corrected chi connectivity index (χ1v) is 8.66. The Morgan fingerprint density at radius 1 is 1.45 bits per heavy atom. The molecule has 0 bridgehead atoms. The summed E-state index contributed by atoms with van der Waals surface area (Å²) in [6.45, 7) is 5.33. The second-order valence-corrected chi connectivity index (χ2v) is 6.78. The average molecular weight is 303 g/mol. The minimum atomic E-state index is -3.39. The Bertz CT molecular complexity index is 535. The summed E-state index contributed by atoms with van der Waals surface area (Å²) in [6.07, 6.45) is 3.24. The van der Waals surface area contributed by atoms with Gasteiger partial charge in [-0.25, -0.2) is 0 Å². The van der Waals surface area contributed by atoms with Gasteiger partial charge in [-0.15, -0.1) is 0 Å². The molecule has 1 unspecified atom stereocenters. The van der Waals surface area contributed by atoms with Crippen LogP contribution < -0.4 is 4.90 Å². The van der Waals surface area contributed by atoms with E-state index >= 15 is 0 Å². The first-order valence-electron chi connectivity index (χ1n) is 6.85. The number of hydrogen-bond donors (Lipinski definition) is 0. The lowest BCUT2D eigenvalue weighted by molar-refractivity contribution is 0.140. The highest BCUT2D eigenvalue weighted by Crippen LogP contribution is 2.26. The molecular weight excluding hydrogens is 282 g/mol. The Labute approximate surface area is 119 Å². The van der Waals surface area contributed by atoms with Gasteiger partial charge in [0.25, 0.3) is 10.1 Å². The summed E-state index contributed by atoms with van der Waals surface area (Å²) in [6, 6.07) is 0.553. The Hall–Kier alpha value is -1.15. The van der Waals surface area contributed by atoms with E-state index in [2.05, 4.69) is 10.1 Å². The highest BCUT2D eigenvalue weighted by atomic mass is 32.2. The van der Waals surface area contributed by atoms with Crippen molar-refractivity contribution in [3.05, 3.63) is 5.82 Å². The summed E-state index contributed by atoms with van der Waals surface area (Å²) in [7, 11) is -3.39. The summed E-state index contributed by atoms with van der Waals surface area (Å²) >= 11 is 0. The predicted octanol–water partition coefficient (Wildman–Crippen LogP) is 1.21. The number of anilines is 1. The van der Waals surface area contributed by atoms with Crippen LogP contribution in [-0.4, -0.2) is 44.0 Å². The van der Waals surface area contributed by atoms with Gasteiger partial charge in [0, 0.05) is 19.5 Å². The van der Waals surface area contributed by atoms with Gasteiger partial charge in [-0.3, -0.25) is 4.18 Å². The van der Waals surface area contributed by atoms with Gasteiger partial charge < -0.3 is 9.42 Å². The van der Waals surface area contributed by atoms with Gasteiger partial charge >= 0.3 is 6.01 Å². The molecule has 1 aliphatic rings. The fourth-order valence-electron chi connectivity index (χ4n) is 2.43. The monoisotopic (exact) mass is 303 g/mol. The molecule has 0 spiro atoms. The number of nitrogens with zero attached hydrogens (tertiary/aromatic N) is 3. The van der Waals surface area contributed by atoms with E-state index in [1.807, 2.05) is 18.7 Å². The molecule has 114 valence electrons. The van der Waals surface area contributed by atoms with E-state index in [9.17, 15) is 8.42 Å². The van der Waals surface area contributed by atoms with Crippen molar-refractivity contribution in [1.82, 2.24) is 10.1 Å². The van der Waals surface area contributed by atoms with Gasteiger partial charge in [-0.05, 0) is 25.7 Å². The SMILES string of the molecule is CCc1noc(N2CCC(C(C)OS(C)(=O)=O)CC2)n1. The maximum absolute atomic E-state index is 11.1. The Morgan fingerprint density at radius 2 is 2.10 bits per heavy atom. The summed E-state index contributed by atoms with van der Waals surface area (Å²) in [5.41, 5.74) is 0. The van der Waals surface area contributed by atoms with Crippen LogP contribution in [0.15, 0.2) is 4.52 Å². The lowest BCUT2D eigenvalue weighted by Gasteiger charge is -2.33. The van der Waals surface area contributed by atoms with E-state index in [1.165, 1.54) is 0 Å². The molecule has 2 rings (SSSR count). The van der Waals surface area contributed by atoms with Gasteiger partial charge in [0.2, 0.25) is 0 Å². The van der Waals surface area contributed by atoms with Crippen molar-refractivity contribution in [2.24, 2.45) is 5.92 Å². The number of hydrogen-bond acceptors (Lipinski definition) is 7.